The van der Waals surface area contributed by atoms with Crippen molar-refractivity contribution < 1.29 is 19.0 Å². The minimum absolute atomic E-state index is 0.0749. The number of fused-ring (bicyclic) bond motifs is 1. The maximum absolute atomic E-state index is 12.1. The Balaban J connectivity index is 1.51. The van der Waals surface area contributed by atoms with Gasteiger partial charge in [-0.05, 0) is 24.3 Å². The number of rotatable bonds is 6. The van der Waals surface area contributed by atoms with Gasteiger partial charge in [0.25, 0.3) is 0 Å². The fourth-order valence-corrected chi connectivity index (χ4v) is 2.45. The molecule has 0 aromatic heterocycles. The van der Waals surface area contributed by atoms with E-state index in [1.165, 1.54) is 0 Å². The van der Waals surface area contributed by atoms with E-state index in [2.05, 4.69) is 10.6 Å². The molecule has 2 aromatic carbocycles. The zero-order chi connectivity index (χ0) is 16.8. The van der Waals surface area contributed by atoms with E-state index in [0.717, 1.165) is 11.4 Å². The third-order valence-corrected chi connectivity index (χ3v) is 3.60. The maximum atomic E-state index is 12.1. The summed E-state index contributed by atoms with van der Waals surface area (Å²) in [4.78, 5) is 12.1. The molecule has 0 unspecified atom stereocenters. The normalized spacial score (nSPS) is 12.4. The number of benzene rings is 2. The van der Waals surface area contributed by atoms with Crippen LogP contribution in [0.15, 0.2) is 42.5 Å². The van der Waals surface area contributed by atoms with E-state index in [0.29, 0.717) is 43.4 Å². The van der Waals surface area contributed by atoms with Crippen LogP contribution in [0.25, 0.3) is 0 Å². The van der Waals surface area contributed by atoms with Crippen molar-refractivity contribution in [3.8, 4) is 17.2 Å². The van der Waals surface area contributed by atoms with Crippen LogP contribution in [0.2, 0.25) is 0 Å². The lowest BCUT2D eigenvalue weighted by atomic mass is 10.2. The maximum Gasteiger partial charge on any atom is 0.226 e. The Hall–Kier alpha value is -2.89. The first-order valence-corrected chi connectivity index (χ1v) is 7.82. The van der Waals surface area contributed by atoms with Crippen LogP contribution in [0.5, 0.6) is 17.2 Å². The molecule has 0 saturated heterocycles. The average molecular weight is 328 g/mol. The van der Waals surface area contributed by atoms with Crippen molar-refractivity contribution in [2.45, 2.75) is 6.42 Å². The highest BCUT2D eigenvalue weighted by Gasteiger charge is 2.12. The number of amides is 1. The molecule has 6 nitrogen and oxygen atoms in total. The molecular weight excluding hydrogens is 308 g/mol. The number of methoxy groups -OCH3 is 1. The molecule has 0 spiro atoms. The van der Waals surface area contributed by atoms with Crippen molar-refractivity contribution in [1.82, 2.24) is 0 Å². The lowest BCUT2D eigenvalue weighted by Crippen LogP contribution is -2.18. The summed E-state index contributed by atoms with van der Waals surface area (Å²) in [5.41, 5.74) is 1.56. The third kappa shape index (κ3) is 3.90. The first-order chi connectivity index (χ1) is 11.8. The molecule has 6 heteroatoms. The Morgan fingerprint density at radius 2 is 1.92 bits per heavy atom. The number of carbonyl (C=O) groups excluding carboxylic acids is 1. The van der Waals surface area contributed by atoms with Crippen molar-refractivity contribution in [3.63, 3.8) is 0 Å². The highest BCUT2D eigenvalue weighted by molar-refractivity contribution is 5.91. The minimum Gasteiger partial charge on any atom is -0.495 e. The Kier molecular flexibility index (Phi) is 5.05. The quantitative estimate of drug-likeness (QED) is 0.853. The minimum atomic E-state index is -0.0749. The first kappa shape index (κ1) is 16.0. The van der Waals surface area contributed by atoms with E-state index in [1.54, 1.807) is 25.3 Å². The van der Waals surface area contributed by atoms with Gasteiger partial charge in [0.1, 0.15) is 19.0 Å². The van der Waals surface area contributed by atoms with Gasteiger partial charge in [-0.2, -0.15) is 0 Å². The van der Waals surface area contributed by atoms with Gasteiger partial charge in [-0.1, -0.05) is 12.1 Å². The molecule has 1 aliphatic heterocycles. The van der Waals surface area contributed by atoms with E-state index in [4.69, 9.17) is 14.2 Å². The predicted molar refractivity (Wildman–Crippen MR) is 92.2 cm³/mol. The first-order valence-electron chi connectivity index (χ1n) is 7.82. The molecule has 2 N–H and O–H groups in total. The van der Waals surface area contributed by atoms with Crippen LogP contribution in [0.3, 0.4) is 0 Å². The van der Waals surface area contributed by atoms with E-state index in [1.807, 2.05) is 24.3 Å². The fraction of sp³-hybridized carbons (Fsp3) is 0.278. The van der Waals surface area contributed by atoms with Crippen LogP contribution in [0, 0.1) is 0 Å². The van der Waals surface area contributed by atoms with E-state index >= 15 is 0 Å². The van der Waals surface area contributed by atoms with E-state index in [9.17, 15) is 4.79 Å². The molecule has 2 aromatic rings. The number of anilines is 2. The fourth-order valence-electron chi connectivity index (χ4n) is 2.45. The molecule has 0 radical (unpaired) electrons. The van der Waals surface area contributed by atoms with Crippen LogP contribution in [-0.4, -0.2) is 32.8 Å². The van der Waals surface area contributed by atoms with Crippen molar-refractivity contribution in [3.05, 3.63) is 42.5 Å². The van der Waals surface area contributed by atoms with Gasteiger partial charge in [0.15, 0.2) is 11.5 Å². The summed E-state index contributed by atoms with van der Waals surface area (Å²) in [5.74, 6) is 2.04. The number of hydrogen-bond donors (Lipinski definition) is 2. The molecule has 1 heterocycles. The molecule has 0 aliphatic carbocycles. The summed E-state index contributed by atoms with van der Waals surface area (Å²) in [7, 11) is 1.62. The molecule has 1 aliphatic rings. The summed E-state index contributed by atoms with van der Waals surface area (Å²) < 4.78 is 16.2. The molecule has 3 rings (SSSR count). The lowest BCUT2D eigenvalue weighted by Gasteiger charge is -2.19. The van der Waals surface area contributed by atoms with Gasteiger partial charge in [0.05, 0.1) is 12.8 Å². The summed E-state index contributed by atoms with van der Waals surface area (Å²) in [6.45, 7) is 1.58. The number of hydrogen-bond acceptors (Lipinski definition) is 5. The van der Waals surface area contributed by atoms with Crippen molar-refractivity contribution in [2.24, 2.45) is 0 Å². The Labute approximate surface area is 140 Å². The number of para-hydroxylation sites is 2. The second-order valence-corrected chi connectivity index (χ2v) is 5.28. The highest BCUT2D eigenvalue weighted by Crippen LogP contribution is 2.32. The second-order valence-electron chi connectivity index (χ2n) is 5.28. The van der Waals surface area contributed by atoms with Gasteiger partial charge >= 0.3 is 0 Å². The van der Waals surface area contributed by atoms with Crippen LogP contribution < -0.4 is 24.8 Å². The van der Waals surface area contributed by atoms with Gasteiger partial charge in [0.2, 0.25) is 5.91 Å². The third-order valence-electron chi connectivity index (χ3n) is 3.60. The molecule has 24 heavy (non-hydrogen) atoms. The van der Waals surface area contributed by atoms with E-state index < -0.39 is 0 Å². The largest absolute Gasteiger partial charge is 0.495 e. The lowest BCUT2D eigenvalue weighted by molar-refractivity contribution is -0.115. The topological polar surface area (TPSA) is 68.8 Å². The van der Waals surface area contributed by atoms with Crippen LogP contribution in [-0.2, 0) is 4.79 Å². The molecule has 126 valence electrons. The summed E-state index contributed by atoms with van der Waals surface area (Å²) in [5, 5.41) is 6.06. The molecular formula is C18H20N2O4. The Bertz CT molecular complexity index is 718. The average Bonchev–Trinajstić information content (AvgIpc) is 2.62. The van der Waals surface area contributed by atoms with Crippen molar-refractivity contribution >= 4 is 17.3 Å². The standard InChI is InChI=1S/C18H20N2O4/c1-22-15-5-3-2-4-14(15)19-9-8-18(21)20-13-6-7-16-17(12-13)24-11-10-23-16/h2-7,12,19H,8-11H2,1H3,(H,20,21). The van der Waals surface area contributed by atoms with Gasteiger partial charge in [-0.25, -0.2) is 0 Å². The number of carbonyl (C=O) groups is 1. The molecule has 0 saturated carbocycles. The SMILES string of the molecule is COc1ccccc1NCCC(=O)Nc1ccc2c(c1)OCCO2. The van der Waals surface area contributed by atoms with Crippen molar-refractivity contribution in [2.75, 3.05) is 37.5 Å². The van der Waals surface area contributed by atoms with Gasteiger partial charge < -0.3 is 24.8 Å². The van der Waals surface area contributed by atoms with Gasteiger partial charge in [0, 0.05) is 24.7 Å². The second kappa shape index (κ2) is 7.59. The predicted octanol–water partition coefficient (Wildman–Crippen LogP) is 2.91. The highest BCUT2D eigenvalue weighted by atomic mass is 16.6. The van der Waals surface area contributed by atoms with Crippen molar-refractivity contribution in [1.29, 1.82) is 0 Å². The Morgan fingerprint density at radius 3 is 2.75 bits per heavy atom. The van der Waals surface area contributed by atoms with Gasteiger partial charge in [-0.15, -0.1) is 0 Å². The van der Waals surface area contributed by atoms with Crippen LogP contribution in [0.1, 0.15) is 6.42 Å². The van der Waals surface area contributed by atoms with Crippen LogP contribution >= 0.6 is 0 Å². The van der Waals surface area contributed by atoms with E-state index in [-0.39, 0.29) is 5.91 Å². The number of nitrogens with one attached hydrogen (secondary N) is 2. The summed E-state index contributed by atoms with van der Waals surface area (Å²) in [6, 6.07) is 13.0. The summed E-state index contributed by atoms with van der Waals surface area (Å²) in [6.07, 6.45) is 0.340. The van der Waals surface area contributed by atoms with Gasteiger partial charge in [-0.3, -0.25) is 4.79 Å². The Morgan fingerprint density at radius 1 is 1.12 bits per heavy atom. The molecule has 0 atom stereocenters. The molecule has 0 bridgehead atoms. The molecule has 1 amide bonds. The zero-order valence-corrected chi connectivity index (χ0v) is 13.5. The monoisotopic (exact) mass is 328 g/mol. The smallest absolute Gasteiger partial charge is 0.226 e. The summed E-state index contributed by atoms with van der Waals surface area (Å²) >= 11 is 0. The zero-order valence-electron chi connectivity index (χ0n) is 13.5. The molecule has 0 fully saturated rings. The van der Waals surface area contributed by atoms with Crippen LogP contribution in [0.4, 0.5) is 11.4 Å². The number of ether oxygens (including phenoxy) is 3.